The van der Waals surface area contributed by atoms with E-state index in [0.717, 1.165) is 12.2 Å². The zero-order valence-electron chi connectivity index (χ0n) is 10.4. The molecule has 0 aliphatic carbocycles. The van der Waals surface area contributed by atoms with E-state index in [1.165, 1.54) is 0 Å². The van der Waals surface area contributed by atoms with Gasteiger partial charge in [0.25, 0.3) is 0 Å². The van der Waals surface area contributed by atoms with Gasteiger partial charge < -0.3 is 25.2 Å². The Labute approximate surface area is 138 Å². The van der Waals surface area contributed by atoms with Gasteiger partial charge in [0.2, 0.25) is 0 Å². The molecule has 8 heteroatoms. The molecule has 0 heterocycles. The molecule has 4 N–H and O–H groups in total. The summed E-state index contributed by atoms with van der Waals surface area (Å²) in [6.07, 6.45) is 1.64. The predicted octanol–water partition coefficient (Wildman–Crippen LogP) is -1.99. The van der Waals surface area contributed by atoms with Gasteiger partial charge in [-0.25, -0.2) is 9.59 Å². The summed E-state index contributed by atoms with van der Waals surface area (Å²) in [6.45, 7) is 4.60. The van der Waals surface area contributed by atoms with Gasteiger partial charge in [-0.05, 0) is 0 Å². The van der Waals surface area contributed by atoms with Gasteiger partial charge in [-0.3, -0.25) is 0 Å². The topological polar surface area (TPSA) is 124 Å². The summed E-state index contributed by atoms with van der Waals surface area (Å²) in [5, 5.41) is 37.2. The van der Waals surface area contributed by atoms with E-state index < -0.39 is 36.4 Å². The number of carbonyl (C=O) groups excluding carboxylic acids is 2. The van der Waals surface area contributed by atoms with Crippen molar-refractivity contribution in [2.24, 2.45) is 0 Å². The molecule has 0 aliphatic rings. The van der Waals surface area contributed by atoms with Gasteiger partial charge in [0, 0.05) is 12.8 Å². The standard InChI is InChI=1S/C12H18O7.Na.H/c1-3-5-11(17,7-13)9(15)19-10(16)12(18,8-14)6-4-2;;/h3-4,13-14,17-18H,1-2,5-8H2;;. The van der Waals surface area contributed by atoms with Gasteiger partial charge in [-0.15, -0.1) is 13.2 Å². The third-order valence-electron chi connectivity index (χ3n) is 2.43. The van der Waals surface area contributed by atoms with Gasteiger partial charge in [0.1, 0.15) is 0 Å². The summed E-state index contributed by atoms with van der Waals surface area (Å²) in [6, 6.07) is 0. The Balaban J connectivity index is 0. The molecule has 0 aromatic heterocycles. The predicted molar refractivity (Wildman–Crippen MR) is 71.9 cm³/mol. The Morgan fingerprint density at radius 2 is 1.25 bits per heavy atom. The fourth-order valence-corrected chi connectivity index (χ4v) is 1.18. The molecule has 0 saturated heterocycles. The van der Waals surface area contributed by atoms with Crippen LogP contribution in [0, 0.1) is 0 Å². The van der Waals surface area contributed by atoms with Gasteiger partial charge in [0.15, 0.2) is 11.2 Å². The molecule has 0 aromatic carbocycles. The summed E-state index contributed by atoms with van der Waals surface area (Å²) in [4.78, 5) is 23.1. The zero-order valence-corrected chi connectivity index (χ0v) is 10.4. The van der Waals surface area contributed by atoms with Crippen molar-refractivity contribution in [2.75, 3.05) is 13.2 Å². The van der Waals surface area contributed by atoms with Gasteiger partial charge in [0.05, 0.1) is 13.2 Å². The summed E-state index contributed by atoms with van der Waals surface area (Å²) >= 11 is 0. The van der Waals surface area contributed by atoms with Crippen LogP contribution in [0.2, 0.25) is 0 Å². The number of esters is 2. The van der Waals surface area contributed by atoms with Crippen LogP contribution in [0.1, 0.15) is 12.8 Å². The maximum absolute atomic E-state index is 11.5. The summed E-state index contributed by atoms with van der Waals surface area (Å²) in [5.74, 6) is -2.87. The van der Waals surface area contributed by atoms with Crippen molar-refractivity contribution in [3.05, 3.63) is 25.3 Å². The van der Waals surface area contributed by atoms with Gasteiger partial charge >= 0.3 is 41.5 Å². The van der Waals surface area contributed by atoms with Crippen LogP contribution < -0.4 is 0 Å². The first-order valence-electron chi connectivity index (χ1n) is 5.44. The molecule has 20 heavy (non-hydrogen) atoms. The molecule has 0 aromatic rings. The van der Waals surface area contributed by atoms with Gasteiger partial charge in [-0.2, -0.15) is 0 Å². The summed E-state index contributed by atoms with van der Waals surface area (Å²) in [7, 11) is 0. The normalized spacial score (nSPS) is 16.0. The molecule has 0 saturated carbocycles. The molecule has 110 valence electrons. The first kappa shape index (κ1) is 21.8. The molecular formula is C12H19NaO7. The van der Waals surface area contributed by atoms with E-state index in [1.807, 2.05) is 0 Å². The average molecular weight is 298 g/mol. The van der Waals surface area contributed by atoms with E-state index in [4.69, 9.17) is 10.2 Å². The zero-order chi connectivity index (χ0) is 15.1. The van der Waals surface area contributed by atoms with Crippen molar-refractivity contribution >= 4 is 41.5 Å². The molecule has 0 rings (SSSR count). The second-order valence-electron chi connectivity index (χ2n) is 4.04. The molecule has 0 radical (unpaired) electrons. The van der Waals surface area contributed by atoms with Gasteiger partial charge in [-0.1, -0.05) is 12.2 Å². The first-order chi connectivity index (χ1) is 8.79. The Bertz CT molecular complexity index is 337. The average Bonchev–Trinajstić information content (AvgIpc) is 2.38. The fraction of sp³-hybridized carbons (Fsp3) is 0.500. The van der Waals surface area contributed by atoms with E-state index in [-0.39, 0.29) is 42.4 Å². The minimum absolute atomic E-state index is 0. The number of rotatable bonds is 8. The summed E-state index contributed by atoms with van der Waals surface area (Å²) in [5.41, 5.74) is -4.64. The van der Waals surface area contributed by atoms with E-state index in [2.05, 4.69) is 17.9 Å². The van der Waals surface area contributed by atoms with E-state index in [1.54, 1.807) is 0 Å². The van der Waals surface area contributed by atoms with E-state index in [9.17, 15) is 19.8 Å². The van der Waals surface area contributed by atoms with Crippen LogP contribution in [0.3, 0.4) is 0 Å². The minimum atomic E-state index is -2.32. The molecule has 0 spiro atoms. The van der Waals surface area contributed by atoms with Crippen LogP contribution >= 0.6 is 0 Å². The number of ether oxygens (including phenoxy) is 1. The van der Waals surface area contributed by atoms with Crippen molar-refractivity contribution in [1.29, 1.82) is 0 Å². The first-order valence-corrected chi connectivity index (χ1v) is 5.44. The van der Waals surface area contributed by atoms with Crippen LogP contribution in [-0.2, 0) is 14.3 Å². The Morgan fingerprint density at radius 3 is 1.45 bits per heavy atom. The molecule has 0 bridgehead atoms. The monoisotopic (exact) mass is 298 g/mol. The summed E-state index contributed by atoms with van der Waals surface area (Å²) < 4.78 is 4.27. The van der Waals surface area contributed by atoms with Crippen LogP contribution in [0.5, 0.6) is 0 Å². The number of aliphatic hydroxyl groups is 4. The SMILES string of the molecule is C=CCC(O)(CO)C(=O)OC(=O)C(O)(CO)CC=C.[NaH]. The number of hydrogen-bond acceptors (Lipinski definition) is 7. The third kappa shape index (κ3) is 5.45. The van der Waals surface area contributed by atoms with Crippen molar-refractivity contribution in [1.82, 2.24) is 0 Å². The van der Waals surface area contributed by atoms with Crippen molar-refractivity contribution in [3.8, 4) is 0 Å². The van der Waals surface area contributed by atoms with E-state index in [0.29, 0.717) is 0 Å². The van der Waals surface area contributed by atoms with Crippen LogP contribution in [0.15, 0.2) is 25.3 Å². The molecular weight excluding hydrogens is 279 g/mol. The second kappa shape index (κ2) is 9.41. The van der Waals surface area contributed by atoms with Crippen molar-refractivity contribution < 1.29 is 34.8 Å². The molecule has 2 unspecified atom stereocenters. The van der Waals surface area contributed by atoms with E-state index >= 15 is 0 Å². The molecule has 2 atom stereocenters. The third-order valence-corrected chi connectivity index (χ3v) is 2.43. The molecule has 0 amide bonds. The maximum atomic E-state index is 11.5. The van der Waals surface area contributed by atoms with Crippen LogP contribution in [-0.4, -0.2) is 86.3 Å². The fourth-order valence-electron chi connectivity index (χ4n) is 1.18. The molecule has 0 aliphatic heterocycles. The Hall–Kier alpha value is -0.540. The van der Waals surface area contributed by atoms with Crippen LogP contribution in [0.25, 0.3) is 0 Å². The Morgan fingerprint density at radius 1 is 0.950 bits per heavy atom. The Kier molecular flexibility index (Phi) is 10.2. The van der Waals surface area contributed by atoms with Crippen LogP contribution in [0.4, 0.5) is 0 Å². The number of aliphatic hydroxyl groups excluding tert-OH is 2. The number of carbonyl (C=O) groups is 2. The molecule has 7 nitrogen and oxygen atoms in total. The second-order valence-corrected chi connectivity index (χ2v) is 4.04. The van der Waals surface area contributed by atoms with Crippen molar-refractivity contribution in [3.63, 3.8) is 0 Å². The quantitative estimate of drug-likeness (QED) is 0.177. The van der Waals surface area contributed by atoms with Crippen molar-refractivity contribution in [2.45, 2.75) is 24.0 Å². The number of hydrogen-bond donors (Lipinski definition) is 4. The molecule has 0 fully saturated rings.